The van der Waals surface area contributed by atoms with Crippen molar-refractivity contribution < 1.29 is 19.1 Å². The van der Waals surface area contributed by atoms with E-state index in [9.17, 15) is 9.59 Å². The van der Waals surface area contributed by atoms with Crippen LogP contribution in [0.1, 0.15) is 37.4 Å². The molecule has 1 atom stereocenters. The highest BCUT2D eigenvalue weighted by atomic mass is 16.5. The van der Waals surface area contributed by atoms with Crippen LogP contribution in [0.25, 0.3) is 6.08 Å². The summed E-state index contributed by atoms with van der Waals surface area (Å²) in [6.45, 7) is 3.88. The summed E-state index contributed by atoms with van der Waals surface area (Å²) < 4.78 is 10.3. The molecule has 5 nitrogen and oxygen atoms in total. The minimum atomic E-state index is -0.582. The molecule has 28 heavy (non-hydrogen) atoms. The molecular weight excluding hydrogens is 354 g/mol. The molecule has 0 bridgehead atoms. The number of carbonyl (C=O) groups is 2. The SMILES string of the molecule is COc1ccccc1/C=C/C(=O)OCC(=O)N[C@H](CC(C)C)c1ccccc1. The van der Waals surface area contributed by atoms with Crippen LogP contribution in [0, 0.1) is 5.92 Å². The number of carbonyl (C=O) groups excluding carboxylic acids is 2. The van der Waals surface area contributed by atoms with Crippen LogP contribution in [0.5, 0.6) is 5.75 Å². The number of methoxy groups -OCH3 is 1. The number of hydrogen-bond donors (Lipinski definition) is 1. The van der Waals surface area contributed by atoms with Gasteiger partial charge in [-0.2, -0.15) is 0 Å². The van der Waals surface area contributed by atoms with Crippen molar-refractivity contribution in [2.75, 3.05) is 13.7 Å². The maximum Gasteiger partial charge on any atom is 0.331 e. The predicted octanol–water partition coefficient (Wildman–Crippen LogP) is 4.16. The van der Waals surface area contributed by atoms with Gasteiger partial charge < -0.3 is 14.8 Å². The highest BCUT2D eigenvalue weighted by Crippen LogP contribution is 2.21. The van der Waals surface area contributed by atoms with Crippen molar-refractivity contribution in [3.05, 3.63) is 71.8 Å². The van der Waals surface area contributed by atoms with Gasteiger partial charge in [-0.15, -0.1) is 0 Å². The molecule has 0 heterocycles. The van der Waals surface area contributed by atoms with Crippen LogP contribution >= 0.6 is 0 Å². The average molecular weight is 381 g/mol. The van der Waals surface area contributed by atoms with E-state index in [1.165, 1.54) is 6.08 Å². The summed E-state index contributed by atoms with van der Waals surface area (Å²) in [4.78, 5) is 24.2. The molecule has 2 rings (SSSR count). The molecule has 0 spiro atoms. The molecular formula is C23H27NO4. The first kappa shape index (κ1) is 21.2. The third kappa shape index (κ3) is 6.91. The van der Waals surface area contributed by atoms with Gasteiger partial charge in [-0.3, -0.25) is 4.79 Å². The largest absolute Gasteiger partial charge is 0.496 e. The minimum absolute atomic E-state index is 0.114. The number of para-hydroxylation sites is 1. The lowest BCUT2D eigenvalue weighted by atomic mass is 9.97. The molecule has 5 heteroatoms. The quantitative estimate of drug-likeness (QED) is 0.523. The van der Waals surface area contributed by atoms with E-state index < -0.39 is 5.97 Å². The zero-order valence-corrected chi connectivity index (χ0v) is 16.6. The molecule has 0 unspecified atom stereocenters. The zero-order chi connectivity index (χ0) is 20.4. The zero-order valence-electron chi connectivity index (χ0n) is 16.6. The van der Waals surface area contributed by atoms with Crippen LogP contribution in [0.2, 0.25) is 0 Å². The number of hydrogen-bond acceptors (Lipinski definition) is 4. The van der Waals surface area contributed by atoms with Crippen molar-refractivity contribution in [3.8, 4) is 5.75 Å². The fraction of sp³-hybridized carbons (Fsp3) is 0.304. The average Bonchev–Trinajstić information content (AvgIpc) is 2.70. The van der Waals surface area contributed by atoms with Gasteiger partial charge in [0.1, 0.15) is 5.75 Å². The van der Waals surface area contributed by atoms with Crippen molar-refractivity contribution in [2.24, 2.45) is 5.92 Å². The van der Waals surface area contributed by atoms with Crippen LogP contribution in [-0.2, 0) is 14.3 Å². The third-order valence-electron chi connectivity index (χ3n) is 4.13. The number of rotatable bonds is 9. The standard InChI is InChI=1S/C23H27NO4/c1-17(2)15-20(18-9-5-4-6-10-18)24-22(25)16-28-23(26)14-13-19-11-7-8-12-21(19)27-3/h4-14,17,20H,15-16H2,1-3H3,(H,24,25)/b14-13+/t20-/m1/s1. The van der Waals surface area contributed by atoms with Crippen LogP contribution in [0.3, 0.4) is 0 Å². The van der Waals surface area contributed by atoms with Crippen LogP contribution in [0.15, 0.2) is 60.7 Å². The molecule has 0 fully saturated rings. The molecule has 0 aromatic heterocycles. The van der Waals surface area contributed by atoms with E-state index in [1.54, 1.807) is 19.3 Å². The molecule has 2 aromatic rings. The van der Waals surface area contributed by atoms with E-state index in [-0.39, 0.29) is 18.6 Å². The summed E-state index contributed by atoms with van der Waals surface area (Å²) in [5.41, 5.74) is 1.79. The van der Waals surface area contributed by atoms with Crippen LogP contribution < -0.4 is 10.1 Å². The van der Waals surface area contributed by atoms with Crippen molar-refractivity contribution >= 4 is 18.0 Å². The molecule has 1 N–H and O–H groups in total. The van der Waals surface area contributed by atoms with Gasteiger partial charge in [0.05, 0.1) is 13.2 Å². The van der Waals surface area contributed by atoms with E-state index >= 15 is 0 Å². The molecule has 0 aliphatic carbocycles. The second-order valence-corrected chi connectivity index (χ2v) is 6.84. The Kier molecular flexibility index (Phi) is 8.28. The Morgan fingerprint density at radius 3 is 2.39 bits per heavy atom. The number of nitrogens with one attached hydrogen (secondary N) is 1. The fourth-order valence-corrected chi connectivity index (χ4v) is 2.82. The van der Waals surface area contributed by atoms with E-state index in [2.05, 4.69) is 19.2 Å². The summed E-state index contributed by atoms with van der Waals surface area (Å²) in [7, 11) is 1.57. The molecule has 148 valence electrons. The predicted molar refractivity (Wildman–Crippen MR) is 110 cm³/mol. The van der Waals surface area contributed by atoms with Crippen molar-refractivity contribution in [1.29, 1.82) is 0 Å². The van der Waals surface area contributed by atoms with Gasteiger partial charge >= 0.3 is 5.97 Å². The number of benzene rings is 2. The van der Waals surface area contributed by atoms with Crippen molar-refractivity contribution in [1.82, 2.24) is 5.32 Å². The van der Waals surface area contributed by atoms with Gasteiger partial charge in [0.25, 0.3) is 5.91 Å². The molecule has 0 aliphatic heterocycles. The molecule has 0 saturated carbocycles. The maximum atomic E-state index is 12.3. The Morgan fingerprint density at radius 2 is 1.71 bits per heavy atom. The Balaban J connectivity index is 1.89. The van der Waals surface area contributed by atoms with E-state index in [1.807, 2.05) is 48.5 Å². The van der Waals surface area contributed by atoms with Crippen molar-refractivity contribution in [3.63, 3.8) is 0 Å². The Bertz CT molecular complexity index is 799. The van der Waals surface area contributed by atoms with Gasteiger partial charge in [0.15, 0.2) is 6.61 Å². The van der Waals surface area contributed by atoms with E-state index in [0.29, 0.717) is 11.7 Å². The van der Waals surface area contributed by atoms with Crippen LogP contribution in [0.4, 0.5) is 0 Å². The second-order valence-electron chi connectivity index (χ2n) is 6.84. The van der Waals surface area contributed by atoms with Gasteiger partial charge in [-0.05, 0) is 30.0 Å². The fourth-order valence-electron chi connectivity index (χ4n) is 2.82. The first-order valence-electron chi connectivity index (χ1n) is 9.31. The molecule has 0 aliphatic rings. The van der Waals surface area contributed by atoms with Crippen LogP contribution in [-0.4, -0.2) is 25.6 Å². The normalized spacial score (nSPS) is 12.0. The molecule has 2 aromatic carbocycles. The lowest BCUT2D eigenvalue weighted by Crippen LogP contribution is -2.33. The third-order valence-corrected chi connectivity index (χ3v) is 4.13. The highest BCUT2D eigenvalue weighted by molar-refractivity contribution is 5.89. The van der Waals surface area contributed by atoms with E-state index in [0.717, 1.165) is 17.5 Å². The molecule has 0 radical (unpaired) electrons. The summed E-state index contributed by atoms with van der Waals surface area (Å²) in [6, 6.07) is 17.0. The van der Waals surface area contributed by atoms with Gasteiger partial charge in [-0.1, -0.05) is 62.4 Å². The summed E-state index contributed by atoms with van der Waals surface area (Å²) in [5, 5.41) is 2.95. The summed E-state index contributed by atoms with van der Waals surface area (Å²) in [6.07, 6.45) is 3.69. The lowest BCUT2D eigenvalue weighted by Gasteiger charge is -2.21. The van der Waals surface area contributed by atoms with Gasteiger partial charge in [-0.25, -0.2) is 4.79 Å². The number of esters is 1. The first-order valence-corrected chi connectivity index (χ1v) is 9.31. The Labute approximate surface area is 166 Å². The lowest BCUT2D eigenvalue weighted by molar-refractivity contribution is -0.144. The van der Waals surface area contributed by atoms with E-state index in [4.69, 9.17) is 9.47 Å². The monoisotopic (exact) mass is 381 g/mol. The maximum absolute atomic E-state index is 12.3. The summed E-state index contributed by atoms with van der Waals surface area (Å²) >= 11 is 0. The highest BCUT2D eigenvalue weighted by Gasteiger charge is 2.16. The Hall–Kier alpha value is -3.08. The number of amides is 1. The molecule has 1 amide bonds. The first-order chi connectivity index (χ1) is 13.5. The second kappa shape index (κ2) is 10.9. The van der Waals surface area contributed by atoms with Gasteiger partial charge in [0.2, 0.25) is 0 Å². The summed E-state index contributed by atoms with van der Waals surface area (Å²) in [5.74, 6) is 0.162. The van der Waals surface area contributed by atoms with Gasteiger partial charge in [0, 0.05) is 11.6 Å². The minimum Gasteiger partial charge on any atom is -0.496 e. The smallest absolute Gasteiger partial charge is 0.331 e. The topological polar surface area (TPSA) is 64.6 Å². The number of ether oxygens (including phenoxy) is 2. The van der Waals surface area contributed by atoms with Crippen molar-refractivity contribution in [2.45, 2.75) is 26.3 Å². The Morgan fingerprint density at radius 1 is 1.04 bits per heavy atom. The molecule has 0 saturated heterocycles.